The van der Waals surface area contributed by atoms with Gasteiger partial charge in [-0.3, -0.25) is 4.79 Å². The standard InChI is InChI=1S/C16H22N2O3/c1-16(2)15(20)18(7-8-19)12-9-11(5-6-13(12)21-16)14(17)10-3-4-10/h5-6,9-10,14,19H,3-4,7-8,17H2,1-2H3. The zero-order chi connectivity index (χ0) is 15.2. The molecule has 5 heteroatoms. The van der Waals surface area contributed by atoms with Crippen LogP contribution >= 0.6 is 0 Å². The van der Waals surface area contributed by atoms with Crippen molar-refractivity contribution < 1.29 is 14.6 Å². The van der Waals surface area contributed by atoms with Crippen molar-refractivity contribution >= 4 is 11.6 Å². The first-order valence-electron chi connectivity index (χ1n) is 7.45. The molecule has 0 radical (unpaired) electrons. The van der Waals surface area contributed by atoms with Crippen LogP contribution in [0.3, 0.4) is 0 Å². The minimum Gasteiger partial charge on any atom is -0.476 e. The zero-order valence-electron chi connectivity index (χ0n) is 12.5. The summed E-state index contributed by atoms with van der Waals surface area (Å²) in [7, 11) is 0. The number of nitrogens with two attached hydrogens (primary N) is 1. The van der Waals surface area contributed by atoms with Crippen molar-refractivity contribution in [1.29, 1.82) is 0 Å². The number of benzene rings is 1. The molecule has 1 fully saturated rings. The van der Waals surface area contributed by atoms with Gasteiger partial charge < -0.3 is 20.5 Å². The molecule has 0 saturated heterocycles. The third kappa shape index (κ3) is 2.51. The van der Waals surface area contributed by atoms with Crippen molar-refractivity contribution in [1.82, 2.24) is 0 Å². The van der Waals surface area contributed by atoms with Crippen LogP contribution in [0.5, 0.6) is 5.75 Å². The van der Waals surface area contributed by atoms with E-state index >= 15 is 0 Å². The van der Waals surface area contributed by atoms with Crippen molar-refractivity contribution in [2.24, 2.45) is 11.7 Å². The SMILES string of the molecule is CC1(C)Oc2ccc(C(N)C3CC3)cc2N(CCO)C1=O. The fraction of sp³-hybridized carbons (Fsp3) is 0.562. The van der Waals surface area contributed by atoms with Crippen LogP contribution in [-0.2, 0) is 4.79 Å². The zero-order valence-corrected chi connectivity index (χ0v) is 12.5. The Morgan fingerprint density at radius 1 is 1.48 bits per heavy atom. The number of hydrogen-bond acceptors (Lipinski definition) is 4. The molecule has 1 unspecified atom stereocenters. The van der Waals surface area contributed by atoms with E-state index in [1.54, 1.807) is 18.7 Å². The van der Waals surface area contributed by atoms with Gasteiger partial charge in [0.1, 0.15) is 5.75 Å². The second kappa shape index (κ2) is 5.00. The highest BCUT2D eigenvalue weighted by Gasteiger charge is 2.41. The van der Waals surface area contributed by atoms with Gasteiger partial charge >= 0.3 is 0 Å². The summed E-state index contributed by atoms with van der Waals surface area (Å²) in [5, 5.41) is 9.25. The van der Waals surface area contributed by atoms with E-state index in [0.717, 1.165) is 5.56 Å². The van der Waals surface area contributed by atoms with E-state index in [0.29, 0.717) is 17.4 Å². The summed E-state index contributed by atoms with van der Waals surface area (Å²) >= 11 is 0. The summed E-state index contributed by atoms with van der Waals surface area (Å²) in [6.45, 7) is 3.67. The van der Waals surface area contributed by atoms with Crippen LogP contribution in [0.15, 0.2) is 18.2 Å². The fourth-order valence-electron chi connectivity index (χ4n) is 2.84. The van der Waals surface area contributed by atoms with Crippen molar-refractivity contribution in [3.8, 4) is 5.75 Å². The van der Waals surface area contributed by atoms with Crippen molar-refractivity contribution in [3.05, 3.63) is 23.8 Å². The molecule has 1 aromatic rings. The smallest absolute Gasteiger partial charge is 0.270 e. The first-order chi connectivity index (χ1) is 9.94. The van der Waals surface area contributed by atoms with E-state index in [1.807, 2.05) is 18.2 Å². The Kier molecular flexibility index (Phi) is 3.42. The molecule has 0 aromatic heterocycles. The van der Waals surface area contributed by atoms with Crippen LogP contribution in [0.25, 0.3) is 0 Å². The normalized spacial score (nSPS) is 21.7. The molecule has 3 rings (SSSR count). The summed E-state index contributed by atoms with van der Waals surface area (Å²) in [6.07, 6.45) is 2.34. The van der Waals surface area contributed by atoms with Crippen LogP contribution in [-0.4, -0.2) is 29.8 Å². The van der Waals surface area contributed by atoms with Gasteiger partial charge in [-0.2, -0.15) is 0 Å². The average molecular weight is 290 g/mol. The molecule has 21 heavy (non-hydrogen) atoms. The molecular weight excluding hydrogens is 268 g/mol. The van der Waals surface area contributed by atoms with Crippen LogP contribution in [0.1, 0.15) is 38.3 Å². The maximum Gasteiger partial charge on any atom is 0.270 e. The summed E-state index contributed by atoms with van der Waals surface area (Å²) in [5.74, 6) is 1.08. The number of aliphatic hydroxyl groups is 1. The minimum atomic E-state index is -0.914. The monoisotopic (exact) mass is 290 g/mol. The Morgan fingerprint density at radius 3 is 2.81 bits per heavy atom. The molecule has 1 saturated carbocycles. The van der Waals surface area contributed by atoms with Gasteiger partial charge in [-0.25, -0.2) is 0 Å². The van der Waals surface area contributed by atoms with Gasteiger partial charge in [0.25, 0.3) is 5.91 Å². The lowest BCUT2D eigenvalue weighted by Crippen LogP contribution is -2.53. The molecule has 0 spiro atoms. The summed E-state index contributed by atoms with van der Waals surface area (Å²) < 4.78 is 5.81. The molecule has 1 aromatic carbocycles. The number of aliphatic hydroxyl groups excluding tert-OH is 1. The quantitative estimate of drug-likeness (QED) is 0.883. The molecule has 3 N–H and O–H groups in total. The van der Waals surface area contributed by atoms with Gasteiger partial charge in [0, 0.05) is 12.6 Å². The molecule has 114 valence electrons. The van der Waals surface area contributed by atoms with Crippen LogP contribution in [0.4, 0.5) is 5.69 Å². The van der Waals surface area contributed by atoms with Gasteiger partial charge in [-0.05, 0) is 50.3 Å². The van der Waals surface area contributed by atoms with Gasteiger partial charge in [-0.15, -0.1) is 0 Å². The number of carbonyl (C=O) groups excluding carboxylic acids is 1. The van der Waals surface area contributed by atoms with E-state index in [4.69, 9.17) is 10.5 Å². The third-order valence-electron chi connectivity index (χ3n) is 4.24. The molecule has 1 aliphatic carbocycles. The number of anilines is 1. The van der Waals surface area contributed by atoms with Crippen molar-refractivity contribution in [3.63, 3.8) is 0 Å². The van der Waals surface area contributed by atoms with Crippen LogP contribution < -0.4 is 15.4 Å². The lowest BCUT2D eigenvalue weighted by atomic mass is 9.99. The van der Waals surface area contributed by atoms with Crippen LogP contribution in [0, 0.1) is 5.92 Å². The molecular formula is C16H22N2O3. The number of amides is 1. The molecule has 1 atom stereocenters. The third-order valence-corrected chi connectivity index (χ3v) is 4.24. The maximum atomic E-state index is 12.5. The van der Waals surface area contributed by atoms with E-state index in [2.05, 4.69) is 0 Å². The topological polar surface area (TPSA) is 75.8 Å². The predicted molar refractivity (Wildman–Crippen MR) is 80.2 cm³/mol. The predicted octanol–water partition coefficient (Wildman–Crippen LogP) is 1.59. The van der Waals surface area contributed by atoms with E-state index < -0.39 is 5.60 Å². The average Bonchev–Trinajstić information content (AvgIpc) is 3.27. The maximum absolute atomic E-state index is 12.5. The summed E-state index contributed by atoms with van der Waals surface area (Å²) in [4.78, 5) is 14.1. The Hall–Kier alpha value is -1.59. The highest BCUT2D eigenvalue weighted by molar-refractivity contribution is 6.02. The molecule has 2 aliphatic rings. The number of fused-ring (bicyclic) bond motifs is 1. The first-order valence-corrected chi connectivity index (χ1v) is 7.45. The number of hydrogen-bond donors (Lipinski definition) is 2. The Balaban J connectivity index is 2.00. The summed E-state index contributed by atoms with van der Waals surface area (Å²) in [5.41, 5.74) is 7.07. The van der Waals surface area contributed by atoms with Gasteiger partial charge in [0.2, 0.25) is 0 Å². The first kappa shape index (κ1) is 14.4. The van der Waals surface area contributed by atoms with Crippen molar-refractivity contribution in [2.45, 2.75) is 38.3 Å². The van der Waals surface area contributed by atoms with E-state index in [1.165, 1.54) is 12.8 Å². The lowest BCUT2D eigenvalue weighted by molar-refractivity contribution is -0.132. The molecule has 1 amide bonds. The Bertz CT molecular complexity index is 567. The van der Waals surface area contributed by atoms with Gasteiger partial charge in [0.05, 0.1) is 12.3 Å². The van der Waals surface area contributed by atoms with Crippen molar-refractivity contribution in [2.75, 3.05) is 18.1 Å². The van der Waals surface area contributed by atoms with E-state index in [9.17, 15) is 9.90 Å². The summed E-state index contributed by atoms with van der Waals surface area (Å²) in [6, 6.07) is 5.80. The number of carbonyl (C=O) groups is 1. The molecule has 0 bridgehead atoms. The molecule has 1 aliphatic heterocycles. The number of nitrogens with zero attached hydrogens (tertiary/aromatic N) is 1. The minimum absolute atomic E-state index is 0.0105. The highest BCUT2D eigenvalue weighted by atomic mass is 16.5. The molecule has 5 nitrogen and oxygen atoms in total. The number of ether oxygens (including phenoxy) is 1. The van der Waals surface area contributed by atoms with E-state index in [-0.39, 0.29) is 25.1 Å². The van der Waals surface area contributed by atoms with Gasteiger partial charge in [-0.1, -0.05) is 6.07 Å². The van der Waals surface area contributed by atoms with Gasteiger partial charge in [0.15, 0.2) is 5.60 Å². The largest absolute Gasteiger partial charge is 0.476 e. The fourth-order valence-corrected chi connectivity index (χ4v) is 2.84. The van der Waals surface area contributed by atoms with Crippen LogP contribution in [0.2, 0.25) is 0 Å². The second-order valence-corrected chi connectivity index (χ2v) is 6.38. The number of rotatable bonds is 4. The molecule has 1 heterocycles. The Labute approximate surface area is 124 Å². The Morgan fingerprint density at radius 2 is 2.19 bits per heavy atom. The second-order valence-electron chi connectivity index (χ2n) is 6.38. The highest BCUT2D eigenvalue weighted by Crippen LogP contribution is 2.43. The number of β-amino-alcohol motifs (C(OH)–C–C–N with tert-alkyl or cyclic N) is 1. The lowest BCUT2D eigenvalue weighted by Gasteiger charge is -2.39.